The highest BCUT2D eigenvalue weighted by molar-refractivity contribution is 6.01. The van der Waals surface area contributed by atoms with Crippen LogP contribution < -0.4 is 10.6 Å². The minimum Gasteiger partial charge on any atom is -0.373 e. The monoisotopic (exact) mass is 506 g/mol. The van der Waals surface area contributed by atoms with Gasteiger partial charge in [-0.1, -0.05) is 6.08 Å². The van der Waals surface area contributed by atoms with Gasteiger partial charge in [0.05, 0.1) is 6.20 Å². The molecule has 0 radical (unpaired) electrons. The summed E-state index contributed by atoms with van der Waals surface area (Å²) in [7, 11) is 7.65. The van der Waals surface area contributed by atoms with Crippen LogP contribution in [-0.2, 0) is 11.8 Å². The first-order valence-corrected chi connectivity index (χ1v) is 12.3. The van der Waals surface area contributed by atoms with E-state index in [1.165, 1.54) is 0 Å². The summed E-state index contributed by atoms with van der Waals surface area (Å²) in [5.74, 6) is 0.616. The van der Waals surface area contributed by atoms with Crippen molar-refractivity contribution in [1.29, 1.82) is 0 Å². The quantitative estimate of drug-likeness (QED) is 0.262. The number of carbonyl (C=O) groups is 1. The van der Waals surface area contributed by atoms with E-state index < -0.39 is 0 Å². The summed E-state index contributed by atoms with van der Waals surface area (Å²) in [5, 5.41) is 11.4. The second-order valence-electron chi connectivity index (χ2n) is 9.36. The first-order valence-electron chi connectivity index (χ1n) is 12.3. The standard InChI is InChI=1S/C29H30N8O/c1-30-27-14-19(7-8-31-27)26-17-33-29-25(26)13-22(15-32-29)20-10-21(23-16-34-37(4)18-23)12-24(11-20)35-28(38)6-5-9-36(2)3/h5-8,10-18H,9H2,1-4H3,(H,30,31)(H,32,33)(H,35,38). The zero-order valence-electron chi connectivity index (χ0n) is 21.9. The van der Waals surface area contributed by atoms with Crippen molar-refractivity contribution in [3.63, 3.8) is 0 Å². The molecule has 0 aliphatic rings. The van der Waals surface area contributed by atoms with E-state index >= 15 is 0 Å². The molecule has 1 amide bonds. The first kappa shape index (κ1) is 24.9. The smallest absolute Gasteiger partial charge is 0.248 e. The molecule has 0 unspecified atom stereocenters. The molecule has 5 aromatic rings. The van der Waals surface area contributed by atoms with Crippen molar-refractivity contribution < 1.29 is 4.79 Å². The average molecular weight is 507 g/mol. The number of nitrogens with zero attached hydrogens (tertiary/aromatic N) is 5. The number of anilines is 2. The Bertz CT molecular complexity index is 1630. The first-order chi connectivity index (χ1) is 18.4. The van der Waals surface area contributed by atoms with E-state index in [1.807, 2.05) is 88.2 Å². The number of fused-ring (bicyclic) bond motifs is 1. The number of aromatic nitrogens is 5. The van der Waals surface area contributed by atoms with Gasteiger partial charge in [-0.15, -0.1) is 0 Å². The molecule has 5 rings (SSSR count). The minimum absolute atomic E-state index is 0.180. The topological polar surface area (TPSA) is 104 Å². The number of aromatic amines is 1. The van der Waals surface area contributed by atoms with Crippen molar-refractivity contribution in [2.45, 2.75) is 0 Å². The van der Waals surface area contributed by atoms with E-state index in [-0.39, 0.29) is 5.91 Å². The second-order valence-corrected chi connectivity index (χ2v) is 9.36. The number of amides is 1. The molecule has 9 heteroatoms. The van der Waals surface area contributed by atoms with E-state index in [0.29, 0.717) is 12.2 Å². The fraction of sp³-hybridized carbons (Fsp3) is 0.172. The maximum Gasteiger partial charge on any atom is 0.248 e. The van der Waals surface area contributed by atoms with Crippen molar-refractivity contribution in [2.24, 2.45) is 7.05 Å². The molecule has 0 bridgehead atoms. The summed E-state index contributed by atoms with van der Waals surface area (Å²) in [6.07, 6.45) is 12.8. The Morgan fingerprint density at radius 3 is 2.58 bits per heavy atom. The second kappa shape index (κ2) is 10.7. The molecule has 1 aromatic carbocycles. The van der Waals surface area contributed by atoms with Crippen LogP contribution >= 0.6 is 0 Å². The number of aryl methyl sites for hydroxylation is 1. The SMILES string of the molecule is CNc1cc(-c2c[nH]c3ncc(-c4cc(NC(=O)C=CCN(C)C)cc(-c5cnn(C)c5)c4)cc23)ccn1. The van der Waals surface area contributed by atoms with Crippen LogP contribution in [0.5, 0.6) is 0 Å². The zero-order valence-corrected chi connectivity index (χ0v) is 21.9. The lowest BCUT2D eigenvalue weighted by Crippen LogP contribution is -2.13. The van der Waals surface area contributed by atoms with Gasteiger partial charge in [-0.25, -0.2) is 9.97 Å². The molecule has 4 aromatic heterocycles. The summed E-state index contributed by atoms with van der Waals surface area (Å²) in [6.45, 7) is 0.687. The van der Waals surface area contributed by atoms with E-state index in [4.69, 9.17) is 4.98 Å². The zero-order chi connectivity index (χ0) is 26.6. The number of hydrogen-bond donors (Lipinski definition) is 3. The van der Waals surface area contributed by atoms with Crippen LogP contribution in [0.2, 0.25) is 0 Å². The molecule has 9 nitrogen and oxygen atoms in total. The molecule has 0 aliphatic heterocycles. The Balaban J connectivity index is 1.56. The van der Waals surface area contributed by atoms with Gasteiger partial charge in [0.15, 0.2) is 0 Å². The van der Waals surface area contributed by atoms with Crippen LogP contribution in [0.3, 0.4) is 0 Å². The maximum atomic E-state index is 12.6. The van der Waals surface area contributed by atoms with Crippen LogP contribution in [0.1, 0.15) is 0 Å². The van der Waals surface area contributed by atoms with Gasteiger partial charge in [0.1, 0.15) is 11.5 Å². The average Bonchev–Trinajstić information content (AvgIpc) is 3.54. The van der Waals surface area contributed by atoms with Gasteiger partial charge in [0, 0.05) is 79.3 Å². The summed E-state index contributed by atoms with van der Waals surface area (Å²) < 4.78 is 1.76. The predicted molar refractivity (Wildman–Crippen MR) is 153 cm³/mol. The molecule has 0 saturated carbocycles. The van der Waals surface area contributed by atoms with Crippen molar-refractivity contribution >= 4 is 28.4 Å². The van der Waals surface area contributed by atoms with E-state index in [0.717, 1.165) is 50.2 Å². The number of pyridine rings is 2. The van der Waals surface area contributed by atoms with Crippen LogP contribution in [0.4, 0.5) is 11.5 Å². The van der Waals surface area contributed by atoms with Gasteiger partial charge in [-0.2, -0.15) is 5.10 Å². The lowest BCUT2D eigenvalue weighted by Gasteiger charge is -2.11. The molecule has 0 atom stereocenters. The van der Waals surface area contributed by atoms with Gasteiger partial charge in [0.2, 0.25) is 5.91 Å². The van der Waals surface area contributed by atoms with E-state index in [1.54, 1.807) is 17.0 Å². The van der Waals surface area contributed by atoms with Crippen LogP contribution in [-0.4, -0.2) is 63.2 Å². The fourth-order valence-corrected chi connectivity index (χ4v) is 4.29. The summed E-state index contributed by atoms with van der Waals surface area (Å²) in [5.41, 5.74) is 7.35. The highest BCUT2D eigenvalue weighted by atomic mass is 16.1. The van der Waals surface area contributed by atoms with Crippen LogP contribution in [0, 0.1) is 0 Å². The van der Waals surface area contributed by atoms with Crippen LogP contribution in [0.15, 0.2) is 79.5 Å². The molecule has 0 aliphatic carbocycles. The van der Waals surface area contributed by atoms with E-state index in [9.17, 15) is 4.79 Å². The Labute approximate surface area is 221 Å². The highest BCUT2D eigenvalue weighted by Gasteiger charge is 2.13. The largest absolute Gasteiger partial charge is 0.373 e. The van der Waals surface area contributed by atoms with Crippen molar-refractivity contribution in [3.8, 4) is 33.4 Å². The predicted octanol–water partition coefficient (Wildman–Crippen LogP) is 4.79. The normalized spacial score (nSPS) is 11.5. The highest BCUT2D eigenvalue weighted by Crippen LogP contribution is 2.34. The molecule has 38 heavy (non-hydrogen) atoms. The van der Waals surface area contributed by atoms with E-state index in [2.05, 4.69) is 37.8 Å². The van der Waals surface area contributed by atoms with Crippen LogP contribution in [0.25, 0.3) is 44.4 Å². The van der Waals surface area contributed by atoms with Crippen molar-refractivity contribution in [3.05, 3.63) is 79.5 Å². The number of benzene rings is 1. The Morgan fingerprint density at radius 2 is 1.84 bits per heavy atom. The number of hydrogen-bond acceptors (Lipinski definition) is 6. The third kappa shape index (κ3) is 5.47. The maximum absolute atomic E-state index is 12.6. The van der Waals surface area contributed by atoms with Gasteiger partial charge < -0.3 is 20.5 Å². The molecule has 0 fully saturated rings. The Kier molecular flexibility index (Phi) is 7.01. The number of H-pyrrole nitrogens is 1. The fourth-order valence-electron chi connectivity index (χ4n) is 4.29. The number of rotatable bonds is 8. The molecular formula is C29H30N8O. The van der Waals surface area contributed by atoms with Gasteiger partial charge in [-0.3, -0.25) is 9.48 Å². The molecule has 0 spiro atoms. The molecule has 4 heterocycles. The van der Waals surface area contributed by atoms with Gasteiger partial charge in [-0.05, 0) is 67.2 Å². The van der Waals surface area contributed by atoms with Gasteiger partial charge >= 0.3 is 0 Å². The summed E-state index contributed by atoms with van der Waals surface area (Å²) in [4.78, 5) is 26.9. The van der Waals surface area contributed by atoms with Crippen molar-refractivity contribution in [1.82, 2.24) is 29.6 Å². The molecule has 3 N–H and O–H groups in total. The minimum atomic E-state index is -0.180. The Morgan fingerprint density at radius 1 is 1.03 bits per heavy atom. The number of carbonyl (C=O) groups excluding carboxylic acids is 1. The number of nitrogens with one attached hydrogen (secondary N) is 3. The molecule has 192 valence electrons. The lowest BCUT2D eigenvalue weighted by molar-refractivity contribution is -0.111. The summed E-state index contributed by atoms with van der Waals surface area (Å²) >= 11 is 0. The third-order valence-corrected chi connectivity index (χ3v) is 6.17. The number of likely N-dealkylation sites (N-methyl/N-ethyl adjacent to an activating group) is 1. The van der Waals surface area contributed by atoms with Crippen molar-refractivity contribution in [2.75, 3.05) is 38.3 Å². The third-order valence-electron chi connectivity index (χ3n) is 6.17. The molecule has 0 saturated heterocycles. The molecular weight excluding hydrogens is 476 g/mol. The lowest BCUT2D eigenvalue weighted by atomic mass is 9.98. The Hall–Kier alpha value is -4.76. The van der Waals surface area contributed by atoms with Gasteiger partial charge in [0.25, 0.3) is 0 Å². The summed E-state index contributed by atoms with van der Waals surface area (Å²) in [6, 6.07) is 12.1.